The first-order valence-electron chi connectivity index (χ1n) is 41.7. The molecule has 3 saturated heterocycles. The number of aliphatic hydroxyl groups excluding tert-OH is 11. The van der Waals surface area contributed by atoms with E-state index in [1.54, 1.807) is 6.08 Å². The molecule has 17 atom stereocenters. The van der Waals surface area contributed by atoms with Gasteiger partial charge in [-0.2, -0.15) is 0 Å². The van der Waals surface area contributed by atoms with Gasteiger partial charge in [-0.05, 0) is 122 Å². The fourth-order valence-corrected chi connectivity index (χ4v) is 12.9. The van der Waals surface area contributed by atoms with Gasteiger partial charge in [0.1, 0.15) is 73.2 Å². The van der Waals surface area contributed by atoms with E-state index in [1.807, 2.05) is 6.08 Å². The zero-order valence-corrected chi connectivity index (χ0v) is 66.0. The van der Waals surface area contributed by atoms with Crippen molar-refractivity contribution in [3.8, 4) is 0 Å². The van der Waals surface area contributed by atoms with Crippen LogP contribution in [0.25, 0.3) is 0 Å². The summed E-state index contributed by atoms with van der Waals surface area (Å²) in [5, 5.41) is 121. The Morgan fingerprint density at radius 2 is 0.648 bits per heavy atom. The molecule has 0 radical (unpaired) electrons. The number of unbranched alkanes of at least 4 members (excludes halogenated alkanes) is 24. The van der Waals surface area contributed by atoms with E-state index >= 15 is 0 Å². The SMILES string of the molecule is CC/C=C\C/C=C\C/C=C\C/C=C\C/C=C\C/C=C\C/C=C\C/C=C\C/C=C\C/C=C\CCCCCCCCCCC(=O)NC(COC1OC(CO)C(OC2OC(CO)C(OC3OC(CO)C(O)C(O)C3O)C(O)C2O)C(O)C1O)C(O)/C=C/CC/C=C/CC/C=C/CCCCCCCCCCCCCCCC. The lowest BCUT2D eigenvalue weighted by Gasteiger charge is -2.48. The van der Waals surface area contributed by atoms with Gasteiger partial charge < -0.3 is 89.9 Å². The van der Waals surface area contributed by atoms with Gasteiger partial charge in [0.05, 0.1) is 38.6 Å². The summed E-state index contributed by atoms with van der Waals surface area (Å²) in [5.74, 6) is -0.303. The molecule has 3 heterocycles. The number of carbonyl (C=O) groups is 1. The first kappa shape index (κ1) is 97.6. The maximum atomic E-state index is 13.5. The van der Waals surface area contributed by atoms with Crippen LogP contribution in [0.4, 0.5) is 0 Å². The number of ether oxygens (including phenoxy) is 6. The second kappa shape index (κ2) is 67.0. The molecule has 3 fully saturated rings. The van der Waals surface area contributed by atoms with Crippen LogP contribution in [0.1, 0.15) is 264 Å². The summed E-state index contributed by atoms with van der Waals surface area (Å²) in [6.45, 7) is 1.59. The van der Waals surface area contributed by atoms with Crippen LogP contribution in [0.2, 0.25) is 0 Å². The minimum Gasteiger partial charge on any atom is -0.394 e. The van der Waals surface area contributed by atoms with Crippen molar-refractivity contribution in [2.75, 3.05) is 26.4 Å². The van der Waals surface area contributed by atoms with Crippen LogP contribution in [0.15, 0.2) is 158 Å². The predicted octanol–water partition coefficient (Wildman–Crippen LogP) is 14.8. The average molecular weight is 1520 g/mol. The molecular weight excluding hydrogens is 1370 g/mol. The maximum Gasteiger partial charge on any atom is 0.220 e. The Balaban J connectivity index is 1.37. The van der Waals surface area contributed by atoms with Crippen LogP contribution >= 0.6 is 0 Å². The zero-order chi connectivity index (χ0) is 78.1. The smallest absolute Gasteiger partial charge is 0.220 e. The van der Waals surface area contributed by atoms with Gasteiger partial charge in [0.2, 0.25) is 5.91 Å². The summed E-state index contributed by atoms with van der Waals surface area (Å²) in [6.07, 6.45) is 72.2. The van der Waals surface area contributed by atoms with Crippen LogP contribution < -0.4 is 5.32 Å². The Morgan fingerprint density at radius 1 is 0.343 bits per heavy atom. The summed E-state index contributed by atoms with van der Waals surface area (Å²) in [6, 6.07) is -1.01. The lowest BCUT2D eigenvalue weighted by molar-refractivity contribution is -0.379. The Morgan fingerprint density at radius 3 is 1.04 bits per heavy atom. The van der Waals surface area contributed by atoms with Gasteiger partial charge in [-0.25, -0.2) is 0 Å². The number of amides is 1. The Hall–Kier alpha value is -4.59. The molecule has 0 aromatic rings. The van der Waals surface area contributed by atoms with E-state index in [9.17, 15) is 61.0 Å². The van der Waals surface area contributed by atoms with E-state index < -0.39 is 124 Å². The molecule has 108 heavy (non-hydrogen) atoms. The van der Waals surface area contributed by atoms with Crippen LogP contribution in [0.3, 0.4) is 0 Å². The number of allylic oxidation sites excluding steroid dienone is 25. The first-order valence-corrected chi connectivity index (χ1v) is 41.7. The highest BCUT2D eigenvalue weighted by Crippen LogP contribution is 2.33. The van der Waals surface area contributed by atoms with Crippen LogP contribution in [0.5, 0.6) is 0 Å². The third-order valence-electron chi connectivity index (χ3n) is 19.5. The molecule has 1 amide bonds. The van der Waals surface area contributed by atoms with Crippen molar-refractivity contribution in [1.82, 2.24) is 5.32 Å². The molecule has 0 spiro atoms. The molecular formula is C89H147NO18. The standard InChI is InChI=1S/C89H147NO18/c1-3-5-7-9-11-13-15-17-19-21-23-25-27-29-30-31-32-33-34-35-36-37-38-39-40-41-42-43-45-47-49-51-53-55-57-59-61-63-65-67-77(95)90-72(73(94)66-64-62-60-58-56-54-52-50-48-46-44-28-26-24-22-20-18-16-14-12-10-8-6-4-2)71-103-87-83(101)80(98)85(75(69-92)105-87)108-89-84(102)81(99)86(76(70-93)106-89)107-88-82(100)79(97)78(96)74(68-91)104-88/h5,7,11,13,17,19,23,25,29-30,32-33,35-36,38-39,41-42,45,47-48,50,56,58,64,66,72-76,78-89,91-94,96-102H,3-4,6,8-10,12,14-16,18,20-22,24,26-28,31,34,37,40,43-44,46,49,51-55,57,59-63,65,67-71H2,1-2H3,(H,90,95)/b7-5-,13-11-,19-17-,25-23-,30-29-,33-32-,36-35-,39-38-,42-41-,47-45-,50-48+,58-56+,66-64+. The quantitative estimate of drug-likeness (QED) is 0.0199. The van der Waals surface area contributed by atoms with Crippen molar-refractivity contribution in [3.05, 3.63) is 158 Å². The van der Waals surface area contributed by atoms with E-state index in [4.69, 9.17) is 28.4 Å². The molecule has 0 bridgehead atoms. The molecule has 3 rings (SSSR count). The minimum atomic E-state index is -1.99. The minimum absolute atomic E-state index is 0.212. The van der Waals surface area contributed by atoms with Gasteiger partial charge in [0.15, 0.2) is 18.9 Å². The first-order chi connectivity index (χ1) is 52.8. The second-order valence-electron chi connectivity index (χ2n) is 28.8. The summed E-state index contributed by atoms with van der Waals surface area (Å²) in [4.78, 5) is 13.5. The molecule has 17 unspecified atom stereocenters. The predicted molar refractivity (Wildman–Crippen MR) is 433 cm³/mol. The lowest BCUT2D eigenvalue weighted by Crippen LogP contribution is -2.66. The van der Waals surface area contributed by atoms with Gasteiger partial charge >= 0.3 is 0 Å². The van der Waals surface area contributed by atoms with Crippen molar-refractivity contribution in [2.45, 2.75) is 369 Å². The van der Waals surface area contributed by atoms with E-state index in [-0.39, 0.29) is 18.9 Å². The highest BCUT2D eigenvalue weighted by molar-refractivity contribution is 5.76. The number of aliphatic hydroxyl groups is 11. The maximum absolute atomic E-state index is 13.5. The van der Waals surface area contributed by atoms with E-state index in [0.29, 0.717) is 12.8 Å². The largest absolute Gasteiger partial charge is 0.394 e. The molecule has 3 aliphatic heterocycles. The molecule has 616 valence electrons. The second-order valence-corrected chi connectivity index (χ2v) is 28.8. The van der Waals surface area contributed by atoms with Crippen LogP contribution in [0, 0.1) is 0 Å². The van der Waals surface area contributed by atoms with Gasteiger partial charge in [0.25, 0.3) is 0 Å². The number of carbonyl (C=O) groups excluding carboxylic acids is 1. The van der Waals surface area contributed by atoms with Crippen molar-refractivity contribution >= 4 is 5.91 Å². The molecule has 0 aromatic heterocycles. The topological polar surface area (TPSA) is 307 Å². The Bertz CT molecular complexity index is 2570. The average Bonchev–Trinajstić information content (AvgIpc) is 0.775. The third-order valence-corrected chi connectivity index (χ3v) is 19.5. The molecule has 0 saturated carbocycles. The normalized spacial score (nSPS) is 26.2. The van der Waals surface area contributed by atoms with E-state index in [1.165, 1.54) is 96.3 Å². The molecule has 3 aliphatic rings. The fraction of sp³-hybridized carbons (Fsp3) is 0.697. The molecule has 19 nitrogen and oxygen atoms in total. The number of nitrogens with one attached hydrogen (secondary N) is 1. The number of hydrogen-bond donors (Lipinski definition) is 12. The monoisotopic (exact) mass is 1520 g/mol. The molecule has 12 N–H and O–H groups in total. The van der Waals surface area contributed by atoms with Crippen LogP contribution in [-0.4, -0.2) is 193 Å². The Kier molecular flexibility index (Phi) is 60.5. The number of hydrogen-bond acceptors (Lipinski definition) is 18. The fourth-order valence-electron chi connectivity index (χ4n) is 12.9. The third kappa shape index (κ3) is 45.8. The van der Waals surface area contributed by atoms with E-state index in [0.717, 1.165) is 135 Å². The van der Waals surface area contributed by atoms with Crippen molar-refractivity contribution in [1.29, 1.82) is 0 Å². The summed E-state index contributed by atoms with van der Waals surface area (Å²) >= 11 is 0. The zero-order valence-electron chi connectivity index (χ0n) is 66.0. The van der Waals surface area contributed by atoms with E-state index in [2.05, 4.69) is 165 Å². The van der Waals surface area contributed by atoms with Gasteiger partial charge in [-0.15, -0.1) is 0 Å². The van der Waals surface area contributed by atoms with Crippen molar-refractivity contribution < 1.29 is 89.4 Å². The molecule has 0 aromatic carbocycles. The highest BCUT2D eigenvalue weighted by atomic mass is 16.8. The Labute approximate surface area is 650 Å². The van der Waals surface area contributed by atoms with Crippen molar-refractivity contribution in [3.63, 3.8) is 0 Å². The lowest BCUT2D eigenvalue weighted by atomic mass is 9.96. The van der Waals surface area contributed by atoms with Crippen molar-refractivity contribution in [2.24, 2.45) is 0 Å². The van der Waals surface area contributed by atoms with Gasteiger partial charge in [0, 0.05) is 6.42 Å². The van der Waals surface area contributed by atoms with Gasteiger partial charge in [-0.1, -0.05) is 294 Å². The number of rotatable bonds is 64. The highest BCUT2D eigenvalue weighted by Gasteiger charge is 2.54. The molecule has 19 heteroatoms. The summed E-state index contributed by atoms with van der Waals surface area (Å²) in [5.41, 5.74) is 0. The summed E-state index contributed by atoms with van der Waals surface area (Å²) < 4.78 is 34.4. The van der Waals surface area contributed by atoms with Gasteiger partial charge in [-0.3, -0.25) is 4.79 Å². The summed E-state index contributed by atoms with van der Waals surface area (Å²) in [7, 11) is 0. The molecule has 0 aliphatic carbocycles. The van der Waals surface area contributed by atoms with Crippen LogP contribution in [-0.2, 0) is 33.2 Å².